The number of para-hydroxylation sites is 2. The number of methoxy groups -OCH3 is 1. The molecule has 162 valence electrons. The Morgan fingerprint density at radius 1 is 1.13 bits per heavy atom. The summed E-state index contributed by atoms with van der Waals surface area (Å²) in [5, 5.41) is 23.2. The van der Waals surface area contributed by atoms with Gasteiger partial charge < -0.3 is 25.2 Å². The van der Waals surface area contributed by atoms with Gasteiger partial charge >= 0.3 is 0 Å². The molecule has 0 heterocycles. The number of carbonyl (C=O) groups is 2. The Kier molecular flexibility index (Phi) is 7.58. The van der Waals surface area contributed by atoms with Crippen molar-refractivity contribution in [3.8, 4) is 17.6 Å². The summed E-state index contributed by atoms with van der Waals surface area (Å²) in [4.78, 5) is 25.0. The molecule has 0 bridgehead atoms. The number of anilines is 2. The van der Waals surface area contributed by atoms with Crippen LogP contribution < -0.4 is 20.1 Å². The summed E-state index contributed by atoms with van der Waals surface area (Å²) < 4.78 is 25.5. The lowest BCUT2D eigenvalue weighted by Crippen LogP contribution is -2.19. The first-order chi connectivity index (χ1) is 14.7. The number of benzene rings is 2. The summed E-state index contributed by atoms with van der Waals surface area (Å²) in [6.45, 7) is 4.59. The van der Waals surface area contributed by atoms with E-state index in [1.54, 1.807) is 44.2 Å². The normalized spacial score (nSPS) is 11.3. The average Bonchev–Trinajstić information content (AvgIpc) is 2.70. The molecule has 9 heteroatoms. The van der Waals surface area contributed by atoms with Crippen LogP contribution in [0, 0.1) is 17.1 Å². The van der Waals surface area contributed by atoms with Crippen molar-refractivity contribution in [1.29, 1.82) is 5.26 Å². The highest BCUT2D eigenvalue weighted by Crippen LogP contribution is 2.30. The predicted octanol–water partition coefficient (Wildman–Crippen LogP) is 4.17. The summed E-state index contributed by atoms with van der Waals surface area (Å²) in [6, 6.07) is 10.3. The second-order valence-corrected chi connectivity index (χ2v) is 6.68. The number of nitrogens with zero attached hydrogens (tertiary/aromatic N) is 1. The maximum atomic E-state index is 14.7. The molecule has 0 saturated heterocycles. The number of nitrogens with one attached hydrogen (secondary N) is 2. The van der Waals surface area contributed by atoms with Crippen molar-refractivity contribution >= 4 is 23.2 Å². The zero-order chi connectivity index (χ0) is 23.1. The van der Waals surface area contributed by atoms with Gasteiger partial charge in [0, 0.05) is 6.07 Å². The molecule has 0 aliphatic heterocycles. The third-order valence-electron chi connectivity index (χ3n) is 3.98. The molecule has 0 atom stereocenters. The third-order valence-corrected chi connectivity index (χ3v) is 3.98. The number of carbonyl (C=O) groups excluding carboxylic acids is 2. The minimum absolute atomic E-state index is 0.0160. The molecule has 0 spiro atoms. The van der Waals surface area contributed by atoms with Crippen LogP contribution in [0.1, 0.15) is 31.1 Å². The monoisotopic (exact) mass is 427 g/mol. The summed E-state index contributed by atoms with van der Waals surface area (Å²) in [5.74, 6) is -2.65. The van der Waals surface area contributed by atoms with E-state index in [4.69, 9.17) is 14.7 Å². The Balaban J connectivity index is 2.43. The number of rotatable bonds is 7. The predicted molar refractivity (Wildman–Crippen MR) is 113 cm³/mol. The number of aliphatic hydroxyl groups is 1. The van der Waals surface area contributed by atoms with E-state index in [0.717, 1.165) is 19.1 Å². The topological polar surface area (TPSA) is 121 Å². The summed E-state index contributed by atoms with van der Waals surface area (Å²) in [6.07, 6.45) is -0.360. The van der Waals surface area contributed by atoms with Crippen molar-refractivity contribution < 1.29 is 28.6 Å². The van der Waals surface area contributed by atoms with Gasteiger partial charge in [0.1, 0.15) is 29.1 Å². The molecule has 0 aromatic heterocycles. The molecule has 0 saturated carbocycles. The highest BCUT2D eigenvalue weighted by Gasteiger charge is 2.21. The fourth-order valence-corrected chi connectivity index (χ4v) is 2.60. The lowest BCUT2D eigenvalue weighted by Gasteiger charge is -2.17. The molecular weight excluding hydrogens is 405 g/mol. The molecule has 2 amide bonds. The van der Waals surface area contributed by atoms with Crippen molar-refractivity contribution in [2.75, 3.05) is 17.7 Å². The van der Waals surface area contributed by atoms with Crippen LogP contribution in [-0.2, 0) is 4.79 Å². The van der Waals surface area contributed by atoms with E-state index < -0.39 is 29.0 Å². The van der Waals surface area contributed by atoms with Crippen LogP contribution in [0.5, 0.6) is 11.5 Å². The first-order valence-electron chi connectivity index (χ1n) is 9.23. The minimum Gasteiger partial charge on any atom is -0.511 e. The molecule has 2 aromatic carbocycles. The van der Waals surface area contributed by atoms with Gasteiger partial charge in [-0.15, -0.1) is 0 Å². The van der Waals surface area contributed by atoms with Gasteiger partial charge in [-0.2, -0.15) is 5.26 Å². The number of nitriles is 1. The number of hydrogen-bond acceptors (Lipinski definition) is 6. The summed E-state index contributed by atoms with van der Waals surface area (Å²) in [7, 11) is 1.45. The second kappa shape index (κ2) is 10.1. The minimum atomic E-state index is -0.997. The molecule has 31 heavy (non-hydrogen) atoms. The van der Waals surface area contributed by atoms with Crippen LogP contribution in [0.3, 0.4) is 0 Å². The van der Waals surface area contributed by atoms with Crippen molar-refractivity contribution in [3.05, 3.63) is 59.1 Å². The smallest absolute Gasteiger partial charge is 0.269 e. The van der Waals surface area contributed by atoms with E-state index in [1.807, 2.05) is 0 Å². The zero-order valence-electron chi connectivity index (χ0n) is 17.4. The van der Waals surface area contributed by atoms with E-state index in [9.17, 15) is 19.1 Å². The Morgan fingerprint density at radius 3 is 2.39 bits per heavy atom. The van der Waals surface area contributed by atoms with E-state index in [-0.39, 0.29) is 23.1 Å². The number of allylic oxidation sites excluding steroid dienone is 1. The van der Waals surface area contributed by atoms with E-state index in [2.05, 4.69) is 10.6 Å². The Morgan fingerprint density at radius 2 is 1.81 bits per heavy atom. The maximum Gasteiger partial charge on any atom is 0.269 e. The number of hydrogen-bond donors (Lipinski definition) is 3. The van der Waals surface area contributed by atoms with Gasteiger partial charge in [-0.05, 0) is 39.0 Å². The van der Waals surface area contributed by atoms with Crippen LogP contribution in [0.4, 0.5) is 15.8 Å². The highest BCUT2D eigenvalue weighted by atomic mass is 19.1. The maximum absolute atomic E-state index is 14.7. The van der Waals surface area contributed by atoms with Gasteiger partial charge in [0.2, 0.25) is 0 Å². The molecule has 0 aliphatic rings. The molecule has 0 unspecified atom stereocenters. The fourth-order valence-electron chi connectivity index (χ4n) is 2.60. The van der Waals surface area contributed by atoms with Gasteiger partial charge in [0.15, 0.2) is 5.57 Å². The molecule has 8 nitrogen and oxygen atoms in total. The van der Waals surface area contributed by atoms with Gasteiger partial charge in [-0.25, -0.2) is 4.39 Å². The SMILES string of the molecule is COc1ccccc1NC(=O)c1cc(F)c(NC(=O)/C(C#N)=C(/C)O)cc1OC(C)C. The van der Waals surface area contributed by atoms with Crippen molar-refractivity contribution in [1.82, 2.24) is 0 Å². The largest absolute Gasteiger partial charge is 0.511 e. The molecular formula is C22H22FN3O5. The first kappa shape index (κ1) is 23.2. The third kappa shape index (κ3) is 5.73. The first-order valence-corrected chi connectivity index (χ1v) is 9.23. The Bertz CT molecular complexity index is 1070. The summed E-state index contributed by atoms with van der Waals surface area (Å²) in [5.41, 5.74) is -0.609. The lowest BCUT2D eigenvalue weighted by molar-refractivity contribution is -0.112. The Labute approximate surface area is 178 Å². The van der Waals surface area contributed by atoms with Gasteiger partial charge in [0.25, 0.3) is 11.8 Å². The van der Waals surface area contributed by atoms with E-state index in [1.165, 1.54) is 7.11 Å². The van der Waals surface area contributed by atoms with Crippen molar-refractivity contribution in [2.24, 2.45) is 0 Å². The van der Waals surface area contributed by atoms with Crippen LogP contribution in [0.2, 0.25) is 0 Å². The van der Waals surface area contributed by atoms with Gasteiger partial charge in [-0.1, -0.05) is 12.1 Å². The molecule has 2 aromatic rings. The van der Waals surface area contributed by atoms with Gasteiger partial charge in [-0.3, -0.25) is 9.59 Å². The number of amides is 2. The van der Waals surface area contributed by atoms with Crippen molar-refractivity contribution in [2.45, 2.75) is 26.9 Å². The highest BCUT2D eigenvalue weighted by molar-refractivity contribution is 6.09. The molecule has 2 rings (SSSR count). The average molecular weight is 427 g/mol. The molecule has 0 fully saturated rings. The number of ether oxygens (including phenoxy) is 2. The van der Waals surface area contributed by atoms with Crippen LogP contribution >= 0.6 is 0 Å². The standard InChI is InChI=1S/C22H22FN3O5/c1-12(2)31-20-10-18(26-22(29)15(11-24)13(3)27)16(23)9-14(20)21(28)25-17-7-5-6-8-19(17)30-4/h5-10,12,27H,1-4H3,(H,25,28)(H,26,29)/b15-13-. The molecule has 0 aliphatic carbocycles. The zero-order valence-corrected chi connectivity index (χ0v) is 17.4. The van der Waals surface area contributed by atoms with Crippen LogP contribution in [0.15, 0.2) is 47.7 Å². The molecule has 0 radical (unpaired) electrons. The number of aliphatic hydroxyl groups excluding tert-OH is 1. The van der Waals surface area contributed by atoms with Crippen LogP contribution in [0.25, 0.3) is 0 Å². The summed E-state index contributed by atoms with van der Waals surface area (Å²) >= 11 is 0. The van der Waals surface area contributed by atoms with E-state index in [0.29, 0.717) is 11.4 Å². The lowest BCUT2D eigenvalue weighted by atomic mass is 10.1. The van der Waals surface area contributed by atoms with Crippen LogP contribution in [-0.4, -0.2) is 30.1 Å². The quantitative estimate of drug-likeness (QED) is 0.346. The van der Waals surface area contributed by atoms with Crippen molar-refractivity contribution in [3.63, 3.8) is 0 Å². The number of halogens is 1. The second-order valence-electron chi connectivity index (χ2n) is 6.68. The fraction of sp³-hybridized carbons (Fsp3) is 0.227. The molecule has 3 N–H and O–H groups in total. The Hall–Kier alpha value is -4.06. The van der Waals surface area contributed by atoms with Gasteiger partial charge in [0.05, 0.1) is 30.2 Å². The van der Waals surface area contributed by atoms with E-state index >= 15 is 0 Å².